The van der Waals surface area contributed by atoms with E-state index in [1.165, 1.54) is 5.56 Å². The number of hydrogen-bond acceptors (Lipinski definition) is 4. The van der Waals surface area contributed by atoms with Crippen LogP contribution in [0, 0.1) is 13.8 Å². The van der Waals surface area contributed by atoms with Gasteiger partial charge in [-0.05, 0) is 85.7 Å². The standard InChI is InChI=1S/C24H24N2O3S/c1-17-8-11-20(16-18(17)2)25-24(30)26-23(27)19-9-12-22(13-10-19)29-15-14-28-21-6-4-3-5-7-21/h3-13,16H,14-15H2,1-2H3,(H2,25,26,27,30). The molecule has 0 spiro atoms. The Labute approximate surface area is 182 Å². The van der Waals surface area contributed by atoms with Gasteiger partial charge in [0.25, 0.3) is 5.91 Å². The molecule has 154 valence electrons. The number of rotatable bonds is 7. The number of aryl methyl sites for hydroxylation is 2. The molecule has 0 radical (unpaired) electrons. The second-order valence-corrected chi connectivity index (χ2v) is 7.15. The maximum Gasteiger partial charge on any atom is 0.257 e. The molecule has 0 heterocycles. The smallest absolute Gasteiger partial charge is 0.257 e. The Morgan fingerprint density at radius 3 is 2.10 bits per heavy atom. The van der Waals surface area contributed by atoms with E-state index in [9.17, 15) is 4.79 Å². The quantitative estimate of drug-likeness (QED) is 0.421. The lowest BCUT2D eigenvalue weighted by Crippen LogP contribution is -2.34. The molecule has 3 aromatic rings. The summed E-state index contributed by atoms with van der Waals surface area (Å²) >= 11 is 5.24. The number of ether oxygens (including phenoxy) is 2. The maximum atomic E-state index is 12.4. The lowest BCUT2D eigenvalue weighted by molar-refractivity contribution is 0.0977. The fourth-order valence-corrected chi connectivity index (χ4v) is 2.91. The highest BCUT2D eigenvalue weighted by Gasteiger charge is 2.09. The van der Waals surface area contributed by atoms with Crippen molar-refractivity contribution in [3.05, 3.63) is 89.5 Å². The number of thiocarbonyl (C=S) groups is 1. The van der Waals surface area contributed by atoms with Crippen molar-refractivity contribution in [3.63, 3.8) is 0 Å². The zero-order valence-corrected chi connectivity index (χ0v) is 17.8. The van der Waals surface area contributed by atoms with Gasteiger partial charge in [-0.1, -0.05) is 24.3 Å². The van der Waals surface area contributed by atoms with Crippen LogP contribution in [0.3, 0.4) is 0 Å². The lowest BCUT2D eigenvalue weighted by Gasteiger charge is -2.11. The molecule has 0 fully saturated rings. The van der Waals surface area contributed by atoms with Crippen LogP contribution in [0.15, 0.2) is 72.8 Å². The van der Waals surface area contributed by atoms with Crippen molar-refractivity contribution in [1.82, 2.24) is 5.32 Å². The van der Waals surface area contributed by atoms with Crippen molar-refractivity contribution in [3.8, 4) is 11.5 Å². The van der Waals surface area contributed by atoms with Crippen molar-refractivity contribution in [2.24, 2.45) is 0 Å². The average Bonchev–Trinajstić information content (AvgIpc) is 2.75. The van der Waals surface area contributed by atoms with E-state index in [0.717, 1.165) is 17.0 Å². The van der Waals surface area contributed by atoms with E-state index in [1.807, 2.05) is 62.4 Å². The summed E-state index contributed by atoms with van der Waals surface area (Å²) in [6.07, 6.45) is 0. The molecule has 0 aliphatic carbocycles. The zero-order chi connectivity index (χ0) is 21.3. The summed E-state index contributed by atoms with van der Waals surface area (Å²) in [6, 6.07) is 22.4. The average molecular weight is 421 g/mol. The van der Waals surface area contributed by atoms with Gasteiger partial charge in [0.05, 0.1) is 0 Å². The van der Waals surface area contributed by atoms with Crippen LogP contribution >= 0.6 is 12.2 Å². The normalized spacial score (nSPS) is 10.2. The van der Waals surface area contributed by atoms with Gasteiger partial charge in [-0.3, -0.25) is 10.1 Å². The van der Waals surface area contributed by atoms with Gasteiger partial charge in [0.1, 0.15) is 24.7 Å². The molecule has 5 nitrogen and oxygen atoms in total. The second-order valence-electron chi connectivity index (χ2n) is 6.74. The zero-order valence-electron chi connectivity index (χ0n) is 17.0. The van der Waals surface area contributed by atoms with Gasteiger partial charge in [-0.25, -0.2) is 0 Å². The summed E-state index contributed by atoms with van der Waals surface area (Å²) in [7, 11) is 0. The molecule has 6 heteroatoms. The summed E-state index contributed by atoms with van der Waals surface area (Å²) in [5.74, 6) is 1.19. The number of nitrogens with one attached hydrogen (secondary N) is 2. The summed E-state index contributed by atoms with van der Waals surface area (Å²) in [5, 5.41) is 5.97. The molecule has 0 bridgehead atoms. The fourth-order valence-electron chi connectivity index (χ4n) is 2.70. The third kappa shape index (κ3) is 6.32. The summed E-state index contributed by atoms with van der Waals surface area (Å²) in [5.41, 5.74) is 3.68. The topological polar surface area (TPSA) is 59.6 Å². The monoisotopic (exact) mass is 420 g/mol. The Bertz CT molecular complexity index is 1000. The first kappa shape index (κ1) is 21.3. The van der Waals surface area contributed by atoms with E-state index in [0.29, 0.717) is 24.5 Å². The van der Waals surface area contributed by atoms with Gasteiger partial charge in [0, 0.05) is 11.3 Å². The third-order valence-corrected chi connectivity index (χ3v) is 4.68. The number of carbonyl (C=O) groups excluding carboxylic acids is 1. The molecule has 0 aliphatic rings. The predicted octanol–water partition coefficient (Wildman–Crippen LogP) is 4.89. The number of amides is 1. The molecular formula is C24H24N2O3S. The molecule has 0 atom stereocenters. The van der Waals surface area contributed by atoms with Crippen LogP contribution in [-0.2, 0) is 0 Å². The molecule has 1 amide bonds. The van der Waals surface area contributed by atoms with Gasteiger partial charge in [0.2, 0.25) is 0 Å². The van der Waals surface area contributed by atoms with Crippen LogP contribution in [0.1, 0.15) is 21.5 Å². The van der Waals surface area contributed by atoms with Crippen molar-refractivity contribution in [2.75, 3.05) is 18.5 Å². The highest BCUT2D eigenvalue weighted by molar-refractivity contribution is 7.80. The Morgan fingerprint density at radius 1 is 0.833 bits per heavy atom. The van der Waals surface area contributed by atoms with E-state index in [4.69, 9.17) is 21.7 Å². The van der Waals surface area contributed by atoms with Crippen LogP contribution in [0.2, 0.25) is 0 Å². The van der Waals surface area contributed by atoms with Gasteiger partial charge in [-0.2, -0.15) is 0 Å². The van der Waals surface area contributed by atoms with E-state index < -0.39 is 0 Å². The molecule has 0 aliphatic heterocycles. The lowest BCUT2D eigenvalue weighted by atomic mass is 10.1. The van der Waals surface area contributed by atoms with Gasteiger partial charge in [0.15, 0.2) is 5.11 Å². The predicted molar refractivity (Wildman–Crippen MR) is 123 cm³/mol. The van der Waals surface area contributed by atoms with E-state index in [1.54, 1.807) is 24.3 Å². The Morgan fingerprint density at radius 2 is 1.47 bits per heavy atom. The molecular weight excluding hydrogens is 396 g/mol. The molecule has 2 N–H and O–H groups in total. The molecule has 0 saturated heterocycles. The third-order valence-electron chi connectivity index (χ3n) is 4.47. The first-order chi connectivity index (χ1) is 14.5. The largest absolute Gasteiger partial charge is 0.490 e. The second kappa shape index (κ2) is 10.4. The number of benzene rings is 3. The minimum Gasteiger partial charge on any atom is -0.490 e. The highest BCUT2D eigenvalue weighted by atomic mass is 32.1. The summed E-state index contributed by atoms with van der Waals surface area (Å²) in [4.78, 5) is 12.4. The Hall–Kier alpha value is -3.38. The van der Waals surface area contributed by atoms with Gasteiger partial charge >= 0.3 is 0 Å². The van der Waals surface area contributed by atoms with Crippen LogP contribution < -0.4 is 20.1 Å². The maximum absolute atomic E-state index is 12.4. The first-order valence-corrected chi connectivity index (χ1v) is 10.0. The molecule has 3 rings (SSSR count). The number of hydrogen-bond donors (Lipinski definition) is 2. The van der Waals surface area contributed by atoms with E-state index in [-0.39, 0.29) is 11.0 Å². The van der Waals surface area contributed by atoms with Crippen LogP contribution in [-0.4, -0.2) is 24.2 Å². The van der Waals surface area contributed by atoms with Gasteiger partial charge < -0.3 is 14.8 Å². The van der Waals surface area contributed by atoms with E-state index >= 15 is 0 Å². The summed E-state index contributed by atoms with van der Waals surface area (Å²) in [6.45, 7) is 4.91. The fraction of sp³-hybridized carbons (Fsp3) is 0.167. The van der Waals surface area contributed by atoms with Crippen LogP contribution in [0.4, 0.5) is 5.69 Å². The highest BCUT2D eigenvalue weighted by Crippen LogP contribution is 2.15. The van der Waals surface area contributed by atoms with E-state index in [2.05, 4.69) is 10.6 Å². The molecule has 0 saturated carbocycles. The minimum atomic E-state index is -0.282. The Balaban J connectivity index is 1.44. The van der Waals surface area contributed by atoms with Crippen molar-refractivity contribution in [1.29, 1.82) is 0 Å². The van der Waals surface area contributed by atoms with Crippen molar-refractivity contribution >= 4 is 28.9 Å². The number of anilines is 1. The molecule has 30 heavy (non-hydrogen) atoms. The summed E-state index contributed by atoms with van der Waals surface area (Å²) < 4.78 is 11.2. The van der Waals surface area contributed by atoms with Crippen molar-refractivity contribution in [2.45, 2.75) is 13.8 Å². The van der Waals surface area contributed by atoms with Gasteiger partial charge in [-0.15, -0.1) is 0 Å². The number of carbonyl (C=O) groups is 1. The molecule has 0 aromatic heterocycles. The SMILES string of the molecule is Cc1ccc(NC(=S)NC(=O)c2ccc(OCCOc3ccccc3)cc2)cc1C. The van der Waals surface area contributed by atoms with Crippen LogP contribution in [0.25, 0.3) is 0 Å². The number of para-hydroxylation sites is 1. The molecule has 3 aromatic carbocycles. The van der Waals surface area contributed by atoms with Crippen molar-refractivity contribution < 1.29 is 14.3 Å². The van der Waals surface area contributed by atoms with Crippen LogP contribution in [0.5, 0.6) is 11.5 Å². The Kier molecular flexibility index (Phi) is 7.40. The molecule has 0 unspecified atom stereocenters. The minimum absolute atomic E-state index is 0.252. The first-order valence-electron chi connectivity index (χ1n) is 9.61.